The zero-order valence-electron chi connectivity index (χ0n) is 17.0. The predicted molar refractivity (Wildman–Crippen MR) is 114 cm³/mol. The summed E-state index contributed by atoms with van der Waals surface area (Å²) >= 11 is 0. The summed E-state index contributed by atoms with van der Waals surface area (Å²) in [4.78, 5) is 31.4. The molecule has 1 atom stereocenters. The van der Waals surface area contributed by atoms with Crippen LogP contribution in [0.15, 0.2) is 48.5 Å². The molecule has 0 unspecified atom stereocenters. The molecule has 1 aliphatic carbocycles. The van der Waals surface area contributed by atoms with Crippen LogP contribution in [-0.4, -0.2) is 27.9 Å². The summed E-state index contributed by atoms with van der Waals surface area (Å²) in [5, 5.41) is 0. The van der Waals surface area contributed by atoms with Crippen LogP contribution in [0.3, 0.4) is 0 Å². The number of aryl methyl sites for hydroxylation is 2. The Balaban J connectivity index is 1.57. The Bertz CT molecular complexity index is 1140. The Morgan fingerprint density at radius 1 is 0.935 bits per heavy atom. The monoisotopic (exact) mass is 418 g/mol. The number of rotatable bonds is 7. The number of hydrogen-bond donors (Lipinski definition) is 2. The number of nitrogens with two attached hydrogens (primary N) is 2. The zero-order valence-corrected chi connectivity index (χ0v) is 17.0. The fourth-order valence-corrected chi connectivity index (χ4v) is 3.40. The van der Waals surface area contributed by atoms with Gasteiger partial charge < -0.3 is 20.9 Å². The Morgan fingerprint density at radius 2 is 1.65 bits per heavy atom. The Morgan fingerprint density at radius 3 is 2.35 bits per heavy atom. The lowest BCUT2D eigenvalue weighted by atomic mass is 10.1. The number of carbonyl (C=O) groups is 2. The molecule has 0 fully saturated rings. The minimum Gasteiger partial charge on any atom is -0.464 e. The number of aromatic nitrogens is 2. The van der Waals surface area contributed by atoms with Gasteiger partial charge in [0.2, 0.25) is 5.88 Å². The van der Waals surface area contributed by atoms with Crippen LogP contribution < -0.4 is 20.9 Å². The highest BCUT2D eigenvalue weighted by Gasteiger charge is 2.16. The molecule has 0 aliphatic heterocycles. The topological polar surface area (TPSA) is 130 Å². The van der Waals surface area contributed by atoms with E-state index in [2.05, 4.69) is 22.1 Å². The SMILES string of the molecule is C[C@H](Oc1cc(C(N)=O)nc(-c2ccc(Oc3ccc4c(c3)CCC4)cc2)n1)C(N)=O. The molecule has 1 aliphatic rings. The van der Waals surface area contributed by atoms with Gasteiger partial charge in [0.05, 0.1) is 0 Å². The van der Waals surface area contributed by atoms with Crippen molar-refractivity contribution in [2.45, 2.75) is 32.3 Å². The Hall–Kier alpha value is -3.94. The number of fused-ring (bicyclic) bond motifs is 1. The van der Waals surface area contributed by atoms with E-state index in [-0.39, 0.29) is 17.4 Å². The number of amides is 2. The molecule has 0 saturated carbocycles. The van der Waals surface area contributed by atoms with E-state index < -0.39 is 17.9 Å². The average molecular weight is 418 g/mol. The third-order valence-corrected chi connectivity index (χ3v) is 5.07. The first-order valence-electron chi connectivity index (χ1n) is 9.94. The number of hydrogen-bond acceptors (Lipinski definition) is 6. The van der Waals surface area contributed by atoms with Gasteiger partial charge in [0.1, 0.15) is 17.2 Å². The molecule has 1 heterocycles. The number of ether oxygens (including phenoxy) is 2. The highest BCUT2D eigenvalue weighted by Crippen LogP contribution is 2.30. The minimum atomic E-state index is -0.924. The molecule has 0 saturated heterocycles. The van der Waals surface area contributed by atoms with Gasteiger partial charge in [0.15, 0.2) is 11.9 Å². The van der Waals surface area contributed by atoms with Gasteiger partial charge in [-0.25, -0.2) is 4.98 Å². The van der Waals surface area contributed by atoms with Gasteiger partial charge >= 0.3 is 0 Å². The molecule has 4 N–H and O–H groups in total. The third-order valence-electron chi connectivity index (χ3n) is 5.07. The summed E-state index contributed by atoms with van der Waals surface area (Å²) in [6.45, 7) is 1.49. The van der Waals surface area contributed by atoms with Crippen LogP contribution in [0.1, 0.15) is 35.0 Å². The Labute approximate surface area is 179 Å². The van der Waals surface area contributed by atoms with E-state index in [0.29, 0.717) is 11.3 Å². The van der Waals surface area contributed by atoms with Crippen LogP contribution in [0.2, 0.25) is 0 Å². The first-order chi connectivity index (χ1) is 14.9. The highest BCUT2D eigenvalue weighted by molar-refractivity contribution is 5.91. The third kappa shape index (κ3) is 4.63. The molecule has 0 radical (unpaired) electrons. The van der Waals surface area contributed by atoms with Crippen LogP contribution in [0.4, 0.5) is 0 Å². The predicted octanol–water partition coefficient (Wildman–Crippen LogP) is 2.78. The standard InChI is InChI=1S/C23H22N4O4/c1-13(21(24)28)30-20-12-19(22(25)29)26-23(27-20)15-6-8-17(9-7-15)31-18-10-5-14-3-2-4-16(14)11-18/h5-13H,2-4H2,1H3,(H2,24,28)(H2,25,29)/t13-/m0/s1. The highest BCUT2D eigenvalue weighted by atomic mass is 16.5. The lowest BCUT2D eigenvalue weighted by Crippen LogP contribution is -2.31. The van der Waals surface area contributed by atoms with E-state index in [1.807, 2.05) is 6.07 Å². The zero-order chi connectivity index (χ0) is 22.0. The van der Waals surface area contributed by atoms with Crippen LogP contribution in [0.25, 0.3) is 11.4 Å². The van der Waals surface area contributed by atoms with Crippen molar-refractivity contribution in [2.75, 3.05) is 0 Å². The fourth-order valence-electron chi connectivity index (χ4n) is 3.40. The van der Waals surface area contributed by atoms with Gasteiger partial charge in [0, 0.05) is 11.6 Å². The van der Waals surface area contributed by atoms with Crippen LogP contribution >= 0.6 is 0 Å². The first kappa shape index (κ1) is 20.3. The van der Waals surface area contributed by atoms with E-state index in [9.17, 15) is 9.59 Å². The van der Waals surface area contributed by atoms with Gasteiger partial charge in [-0.2, -0.15) is 4.98 Å². The van der Waals surface area contributed by atoms with Gasteiger partial charge in [-0.3, -0.25) is 9.59 Å². The van der Waals surface area contributed by atoms with E-state index in [1.54, 1.807) is 24.3 Å². The summed E-state index contributed by atoms with van der Waals surface area (Å²) in [5.74, 6) is 0.310. The molecule has 31 heavy (non-hydrogen) atoms. The fraction of sp³-hybridized carbons (Fsp3) is 0.217. The van der Waals surface area contributed by atoms with Gasteiger partial charge in [-0.15, -0.1) is 0 Å². The molecule has 158 valence electrons. The van der Waals surface area contributed by atoms with Crippen molar-refractivity contribution in [3.05, 3.63) is 65.4 Å². The second kappa shape index (κ2) is 8.43. The molecule has 0 spiro atoms. The molecule has 8 nitrogen and oxygen atoms in total. The molecule has 0 bridgehead atoms. The van der Waals surface area contributed by atoms with Crippen LogP contribution in [0, 0.1) is 0 Å². The summed E-state index contributed by atoms with van der Waals surface area (Å²) in [6, 6.07) is 14.6. The maximum absolute atomic E-state index is 11.7. The summed E-state index contributed by atoms with van der Waals surface area (Å²) in [5.41, 5.74) is 13.9. The van der Waals surface area contributed by atoms with E-state index in [4.69, 9.17) is 20.9 Å². The van der Waals surface area contributed by atoms with Gasteiger partial charge in [-0.1, -0.05) is 6.07 Å². The molecule has 4 rings (SSSR count). The summed E-state index contributed by atoms with van der Waals surface area (Å²) in [6.07, 6.45) is 2.46. The molecule has 2 aromatic carbocycles. The Kier molecular flexibility index (Phi) is 5.53. The smallest absolute Gasteiger partial charge is 0.267 e. The van der Waals surface area contributed by atoms with Crippen LogP contribution in [0.5, 0.6) is 17.4 Å². The number of carbonyl (C=O) groups excluding carboxylic acids is 2. The number of primary amides is 2. The summed E-state index contributed by atoms with van der Waals surface area (Å²) in [7, 11) is 0. The van der Waals surface area contributed by atoms with Crippen molar-refractivity contribution < 1.29 is 19.1 Å². The molecular weight excluding hydrogens is 396 g/mol. The first-order valence-corrected chi connectivity index (χ1v) is 9.94. The summed E-state index contributed by atoms with van der Waals surface area (Å²) < 4.78 is 11.4. The molecule has 8 heteroatoms. The molecule has 1 aromatic heterocycles. The molecular formula is C23H22N4O4. The molecule has 2 amide bonds. The average Bonchev–Trinajstić information content (AvgIpc) is 3.22. The van der Waals surface area contributed by atoms with E-state index in [1.165, 1.54) is 30.5 Å². The normalized spacial score (nSPS) is 13.3. The lowest BCUT2D eigenvalue weighted by molar-refractivity contribution is -0.124. The second-order valence-electron chi connectivity index (χ2n) is 7.35. The van der Waals surface area contributed by atoms with Gasteiger partial charge in [0.25, 0.3) is 11.8 Å². The lowest BCUT2D eigenvalue weighted by Gasteiger charge is -2.12. The number of nitrogens with zero attached hydrogens (tertiary/aromatic N) is 2. The maximum atomic E-state index is 11.7. The van der Waals surface area contributed by atoms with E-state index in [0.717, 1.165) is 18.6 Å². The van der Waals surface area contributed by atoms with E-state index >= 15 is 0 Å². The van der Waals surface area contributed by atoms with Crippen molar-refractivity contribution >= 4 is 11.8 Å². The largest absolute Gasteiger partial charge is 0.464 e. The van der Waals surface area contributed by atoms with Crippen molar-refractivity contribution in [3.8, 4) is 28.8 Å². The minimum absolute atomic E-state index is 0.0311. The molecule has 3 aromatic rings. The van der Waals surface area contributed by atoms with Gasteiger partial charge in [-0.05, 0) is 73.7 Å². The van der Waals surface area contributed by atoms with Crippen molar-refractivity contribution in [1.82, 2.24) is 9.97 Å². The van der Waals surface area contributed by atoms with Crippen molar-refractivity contribution in [3.63, 3.8) is 0 Å². The van der Waals surface area contributed by atoms with Crippen LogP contribution in [-0.2, 0) is 17.6 Å². The quantitative estimate of drug-likeness (QED) is 0.607. The maximum Gasteiger partial charge on any atom is 0.267 e. The van der Waals surface area contributed by atoms with Crippen molar-refractivity contribution in [2.24, 2.45) is 11.5 Å². The number of benzene rings is 2. The second-order valence-corrected chi connectivity index (χ2v) is 7.35. The van der Waals surface area contributed by atoms with Crippen molar-refractivity contribution in [1.29, 1.82) is 0 Å².